The van der Waals surface area contributed by atoms with Gasteiger partial charge in [0.25, 0.3) is 0 Å². The van der Waals surface area contributed by atoms with Crippen LogP contribution in [0.4, 0.5) is 0 Å². The summed E-state index contributed by atoms with van der Waals surface area (Å²) in [4.78, 5) is 46.1. The van der Waals surface area contributed by atoms with Gasteiger partial charge in [-0.05, 0) is 44.9 Å². The largest absolute Gasteiger partial charge is 0.480 e. The number of phosphoric ester groups is 1. The lowest BCUT2D eigenvalue weighted by molar-refractivity contribution is -0.161. The van der Waals surface area contributed by atoms with Gasteiger partial charge >= 0.3 is 25.7 Å². The van der Waals surface area contributed by atoms with Crippen LogP contribution in [-0.2, 0) is 37.5 Å². The first-order valence-electron chi connectivity index (χ1n) is 25.0. The van der Waals surface area contributed by atoms with Gasteiger partial charge in [0.1, 0.15) is 12.6 Å². The molecular formula is C50H92NO10P. The maximum atomic E-state index is 12.7. The summed E-state index contributed by atoms with van der Waals surface area (Å²) < 4.78 is 32.8. The van der Waals surface area contributed by atoms with Crippen molar-refractivity contribution >= 4 is 25.7 Å². The summed E-state index contributed by atoms with van der Waals surface area (Å²) in [7, 11) is -4.72. The van der Waals surface area contributed by atoms with E-state index in [2.05, 4.69) is 54.8 Å². The maximum absolute atomic E-state index is 12.7. The Bertz CT molecular complexity index is 1190. The number of carboxylic acid groups (broad SMARTS) is 1. The molecule has 0 fully saturated rings. The number of rotatable bonds is 47. The molecule has 4 N–H and O–H groups in total. The van der Waals surface area contributed by atoms with E-state index in [4.69, 9.17) is 24.8 Å². The molecule has 0 radical (unpaired) electrons. The van der Waals surface area contributed by atoms with Gasteiger partial charge in [-0.1, -0.05) is 211 Å². The molecule has 0 aromatic rings. The van der Waals surface area contributed by atoms with Gasteiger partial charge in [-0.3, -0.25) is 23.4 Å². The summed E-state index contributed by atoms with van der Waals surface area (Å²) in [5, 5.41) is 8.91. The fraction of sp³-hybridized carbons (Fsp3) is 0.820. The molecule has 62 heavy (non-hydrogen) atoms. The second kappa shape index (κ2) is 45.3. The zero-order valence-electron chi connectivity index (χ0n) is 39.5. The number of allylic oxidation sites excluding steroid dienone is 6. The van der Waals surface area contributed by atoms with Gasteiger partial charge in [-0.15, -0.1) is 0 Å². The first-order valence-corrected chi connectivity index (χ1v) is 26.5. The number of hydrogen-bond acceptors (Lipinski definition) is 9. The summed E-state index contributed by atoms with van der Waals surface area (Å²) in [6, 6.07) is -1.52. The van der Waals surface area contributed by atoms with Crippen molar-refractivity contribution < 1.29 is 47.5 Å². The van der Waals surface area contributed by atoms with E-state index in [-0.39, 0.29) is 19.4 Å². The first-order chi connectivity index (χ1) is 30.1. The van der Waals surface area contributed by atoms with Crippen molar-refractivity contribution in [2.75, 3.05) is 19.8 Å². The minimum Gasteiger partial charge on any atom is -0.480 e. The standard InChI is InChI=1S/C50H92NO10P/c1-3-5-7-9-11-13-15-17-19-20-21-22-23-24-25-26-28-30-32-34-36-38-40-42-49(53)61-46(44-59-62(56,57)60-45-47(51)50(54)55)43-58-48(52)41-39-37-35-33-31-29-27-18-16-14-12-10-8-6-4-2/h6,8,12,14,18,27,46-47H,3-5,7,9-11,13,15-17,19-26,28-45,51H2,1-2H3,(H,54,55)(H,56,57)/b8-6+,14-12+,27-18+/t46-,47-/m0/s1. The average molecular weight is 898 g/mol. The van der Waals surface area contributed by atoms with E-state index in [9.17, 15) is 23.8 Å². The van der Waals surface area contributed by atoms with E-state index in [1.54, 1.807) is 0 Å². The lowest BCUT2D eigenvalue weighted by atomic mass is 10.0. The molecule has 0 bridgehead atoms. The van der Waals surface area contributed by atoms with Crippen molar-refractivity contribution in [3.63, 3.8) is 0 Å². The minimum atomic E-state index is -4.72. The molecule has 0 aromatic carbocycles. The third-order valence-electron chi connectivity index (χ3n) is 10.9. The molecule has 0 aliphatic heterocycles. The molecule has 0 heterocycles. The van der Waals surface area contributed by atoms with E-state index in [0.29, 0.717) is 12.8 Å². The topological polar surface area (TPSA) is 172 Å². The number of aliphatic carboxylic acids is 1. The summed E-state index contributed by atoms with van der Waals surface area (Å²) >= 11 is 0. The predicted molar refractivity (Wildman–Crippen MR) is 254 cm³/mol. The molecule has 0 aliphatic carbocycles. The summed E-state index contributed by atoms with van der Waals surface area (Å²) in [5.74, 6) is -2.39. The highest BCUT2D eigenvalue weighted by atomic mass is 31.2. The van der Waals surface area contributed by atoms with Crippen molar-refractivity contribution in [2.45, 2.75) is 244 Å². The second-order valence-corrected chi connectivity index (χ2v) is 18.4. The Morgan fingerprint density at radius 1 is 0.516 bits per heavy atom. The highest BCUT2D eigenvalue weighted by Gasteiger charge is 2.28. The van der Waals surface area contributed by atoms with E-state index in [1.807, 2.05) is 0 Å². The molecule has 12 heteroatoms. The van der Waals surface area contributed by atoms with Crippen LogP contribution < -0.4 is 5.73 Å². The number of hydrogen-bond donors (Lipinski definition) is 3. The van der Waals surface area contributed by atoms with Crippen LogP contribution in [0.15, 0.2) is 36.5 Å². The molecule has 0 aliphatic rings. The van der Waals surface area contributed by atoms with Gasteiger partial charge in [0.15, 0.2) is 6.10 Å². The number of carbonyl (C=O) groups is 3. The van der Waals surface area contributed by atoms with Crippen molar-refractivity contribution in [3.05, 3.63) is 36.5 Å². The Labute approximate surface area is 378 Å². The van der Waals surface area contributed by atoms with Crippen LogP contribution in [0.5, 0.6) is 0 Å². The number of carbonyl (C=O) groups excluding carboxylic acids is 2. The molecule has 11 nitrogen and oxygen atoms in total. The average Bonchev–Trinajstić information content (AvgIpc) is 3.25. The highest BCUT2D eigenvalue weighted by Crippen LogP contribution is 2.43. The quantitative estimate of drug-likeness (QED) is 0.0230. The van der Waals surface area contributed by atoms with Crippen molar-refractivity contribution in [2.24, 2.45) is 5.73 Å². The van der Waals surface area contributed by atoms with E-state index < -0.39 is 51.1 Å². The summed E-state index contributed by atoms with van der Waals surface area (Å²) in [6.07, 6.45) is 50.7. The van der Waals surface area contributed by atoms with E-state index in [1.165, 1.54) is 122 Å². The number of esters is 2. The van der Waals surface area contributed by atoms with Gasteiger partial charge in [0.2, 0.25) is 0 Å². The fourth-order valence-electron chi connectivity index (χ4n) is 7.02. The number of unbranched alkanes of at least 4 members (excludes halogenated alkanes) is 27. The lowest BCUT2D eigenvalue weighted by Crippen LogP contribution is -2.34. The lowest BCUT2D eigenvalue weighted by Gasteiger charge is -2.20. The van der Waals surface area contributed by atoms with Crippen LogP contribution in [0.3, 0.4) is 0 Å². The third-order valence-corrected chi connectivity index (χ3v) is 11.9. The van der Waals surface area contributed by atoms with Crippen LogP contribution in [0, 0.1) is 0 Å². The molecule has 0 aromatic heterocycles. The third kappa shape index (κ3) is 44.3. The second-order valence-electron chi connectivity index (χ2n) is 16.9. The van der Waals surface area contributed by atoms with Gasteiger partial charge in [0.05, 0.1) is 13.2 Å². The first kappa shape index (κ1) is 59.7. The Morgan fingerprint density at radius 3 is 1.35 bits per heavy atom. The molecule has 0 spiro atoms. The predicted octanol–water partition coefficient (Wildman–Crippen LogP) is 14.0. The molecular weight excluding hydrogens is 806 g/mol. The molecule has 1 unspecified atom stereocenters. The van der Waals surface area contributed by atoms with Gasteiger partial charge < -0.3 is 25.2 Å². The Hall–Kier alpha value is -2.30. The van der Waals surface area contributed by atoms with Crippen molar-refractivity contribution in [1.82, 2.24) is 0 Å². The SMILES string of the molecule is CC/C=C/C/C=C/C/C=C/CCCCCCCC(=O)OC[C@@H](COP(=O)(O)OC[C@H](N)C(=O)O)OC(=O)CCCCCCCCCCCCCCCCCCCCCCCCC. The summed E-state index contributed by atoms with van der Waals surface area (Å²) in [5.41, 5.74) is 5.35. The van der Waals surface area contributed by atoms with Crippen molar-refractivity contribution in [1.29, 1.82) is 0 Å². The molecule has 362 valence electrons. The minimum absolute atomic E-state index is 0.161. The highest BCUT2D eigenvalue weighted by molar-refractivity contribution is 7.47. The Kier molecular flexibility index (Phi) is 43.6. The van der Waals surface area contributed by atoms with Crippen LogP contribution >= 0.6 is 7.82 Å². The van der Waals surface area contributed by atoms with Crippen LogP contribution in [-0.4, -0.2) is 59.9 Å². The zero-order valence-corrected chi connectivity index (χ0v) is 40.4. The van der Waals surface area contributed by atoms with Crippen LogP contribution in [0.2, 0.25) is 0 Å². The number of carboxylic acids is 1. The van der Waals surface area contributed by atoms with Gasteiger partial charge in [-0.2, -0.15) is 0 Å². The van der Waals surface area contributed by atoms with Crippen LogP contribution in [0.1, 0.15) is 232 Å². The maximum Gasteiger partial charge on any atom is 0.472 e. The number of ether oxygens (including phenoxy) is 2. The van der Waals surface area contributed by atoms with E-state index >= 15 is 0 Å². The van der Waals surface area contributed by atoms with E-state index in [0.717, 1.165) is 70.6 Å². The smallest absolute Gasteiger partial charge is 0.472 e. The molecule has 3 atom stereocenters. The monoisotopic (exact) mass is 898 g/mol. The van der Waals surface area contributed by atoms with Gasteiger partial charge in [0, 0.05) is 12.8 Å². The Balaban J connectivity index is 4.21. The van der Waals surface area contributed by atoms with Crippen LogP contribution in [0.25, 0.3) is 0 Å². The fourth-order valence-corrected chi connectivity index (χ4v) is 7.80. The number of nitrogens with two attached hydrogens (primary N) is 1. The molecule has 0 saturated heterocycles. The molecule has 0 rings (SSSR count). The summed E-state index contributed by atoms with van der Waals surface area (Å²) in [6.45, 7) is 2.71. The van der Waals surface area contributed by atoms with Gasteiger partial charge in [-0.25, -0.2) is 4.57 Å². The molecule has 0 saturated carbocycles. The normalized spacial score (nSPS) is 13.9. The molecule has 0 amide bonds. The van der Waals surface area contributed by atoms with Crippen molar-refractivity contribution in [3.8, 4) is 0 Å². The number of phosphoric acid groups is 1. The zero-order chi connectivity index (χ0) is 45.6. The Morgan fingerprint density at radius 2 is 0.903 bits per heavy atom.